The smallest absolute Gasteiger partial charge is 0.329 e. The van der Waals surface area contributed by atoms with Crippen LogP contribution >= 0.6 is 15.9 Å². The quantitative estimate of drug-likeness (QED) is 0.694. The molecular formula is C22H23BrN2O4. The number of nitrogens with zero attached hydrogens (tertiary/aromatic N) is 1. The number of hydrogen-bond acceptors (Lipinski definition) is 5. The molecule has 1 aliphatic heterocycles. The molecule has 0 fully saturated rings. The van der Waals surface area contributed by atoms with Crippen LogP contribution in [0.5, 0.6) is 5.88 Å². The number of halogens is 1. The summed E-state index contributed by atoms with van der Waals surface area (Å²) in [5.74, 6) is -0.0796. The van der Waals surface area contributed by atoms with Crippen LogP contribution in [0.25, 0.3) is 0 Å². The number of aromatic nitrogens is 1. The molecule has 0 saturated carbocycles. The lowest BCUT2D eigenvalue weighted by molar-refractivity contribution is -0.153. The number of pyridine rings is 1. The maximum atomic E-state index is 12.9. The molecule has 2 atom stereocenters. The van der Waals surface area contributed by atoms with E-state index in [0.717, 1.165) is 46.1 Å². The van der Waals surface area contributed by atoms with Gasteiger partial charge in [0.25, 0.3) is 0 Å². The summed E-state index contributed by atoms with van der Waals surface area (Å²) in [6.07, 6.45) is 3.32. The Balaban J connectivity index is 1.53. The average molecular weight is 459 g/mol. The maximum Gasteiger partial charge on any atom is 0.329 e. The van der Waals surface area contributed by atoms with E-state index in [9.17, 15) is 9.59 Å². The molecule has 1 aromatic carbocycles. The van der Waals surface area contributed by atoms with Gasteiger partial charge in [0.15, 0.2) is 0 Å². The zero-order chi connectivity index (χ0) is 20.4. The minimum Gasteiger partial charge on any atom is -0.477 e. The molecule has 0 saturated heterocycles. The van der Waals surface area contributed by atoms with E-state index in [0.29, 0.717) is 25.3 Å². The van der Waals surface area contributed by atoms with Gasteiger partial charge in [-0.25, -0.2) is 9.78 Å². The second kappa shape index (κ2) is 8.53. The van der Waals surface area contributed by atoms with Crippen LogP contribution in [0, 0.1) is 0 Å². The molecule has 0 radical (unpaired) electrons. The predicted octanol–water partition coefficient (Wildman–Crippen LogP) is 3.45. The van der Waals surface area contributed by atoms with Gasteiger partial charge in [0.1, 0.15) is 12.1 Å². The SMILES string of the molecule is CC(=O)N[C@@H](Cc1ccccc1)C(=O)O[C@H]1CCc2c1nc1c(c2Br)CCCO1. The minimum absolute atomic E-state index is 0.266. The zero-order valence-electron chi connectivity index (χ0n) is 16.2. The number of nitrogens with one attached hydrogen (secondary N) is 1. The molecule has 0 unspecified atom stereocenters. The highest BCUT2D eigenvalue weighted by molar-refractivity contribution is 9.10. The average Bonchev–Trinajstić information content (AvgIpc) is 3.11. The van der Waals surface area contributed by atoms with Crippen LogP contribution in [0.4, 0.5) is 0 Å². The molecule has 0 bridgehead atoms. The molecule has 0 spiro atoms. The van der Waals surface area contributed by atoms with Gasteiger partial charge >= 0.3 is 5.97 Å². The van der Waals surface area contributed by atoms with Crippen LogP contribution in [-0.4, -0.2) is 29.5 Å². The topological polar surface area (TPSA) is 77.5 Å². The third-order valence-corrected chi connectivity index (χ3v) is 6.25. The van der Waals surface area contributed by atoms with Gasteiger partial charge in [-0.3, -0.25) is 4.79 Å². The molecule has 1 aromatic heterocycles. The number of rotatable bonds is 5. The zero-order valence-corrected chi connectivity index (χ0v) is 17.8. The summed E-state index contributed by atoms with van der Waals surface area (Å²) in [7, 11) is 0. The Morgan fingerprint density at radius 1 is 1.28 bits per heavy atom. The highest BCUT2D eigenvalue weighted by Crippen LogP contribution is 2.42. The van der Waals surface area contributed by atoms with Crippen molar-refractivity contribution in [3.05, 3.63) is 57.2 Å². The van der Waals surface area contributed by atoms with Crippen molar-refractivity contribution in [2.45, 2.75) is 51.2 Å². The van der Waals surface area contributed by atoms with E-state index >= 15 is 0 Å². The van der Waals surface area contributed by atoms with Gasteiger partial charge in [0.05, 0.1) is 12.3 Å². The first-order chi connectivity index (χ1) is 14.0. The third-order valence-electron chi connectivity index (χ3n) is 5.29. The van der Waals surface area contributed by atoms with E-state index in [2.05, 4.69) is 26.2 Å². The number of carbonyl (C=O) groups is 2. The van der Waals surface area contributed by atoms with Crippen molar-refractivity contribution in [2.24, 2.45) is 0 Å². The summed E-state index contributed by atoms with van der Waals surface area (Å²) >= 11 is 3.70. The Morgan fingerprint density at radius 2 is 2.07 bits per heavy atom. The molecule has 2 aromatic rings. The Labute approximate surface area is 178 Å². The Bertz CT molecular complexity index is 932. The Kier molecular flexibility index (Phi) is 5.85. The largest absolute Gasteiger partial charge is 0.477 e. The lowest BCUT2D eigenvalue weighted by Crippen LogP contribution is -2.42. The summed E-state index contributed by atoms with van der Waals surface area (Å²) < 4.78 is 12.6. The van der Waals surface area contributed by atoms with Gasteiger partial charge in [-0.15, -0.1) is 0 Å². The van der Waals surface area contributed by atoms with Crippen molar-refractivity contribution in [1.29, 1.82) is 0 Å². The third kappa shape index (κ3) is 4.29. The second-order valence-electron chi connectivity index (χ2n) is 7.43. The highest BCUT2D eigenvalue weighted by atomic mass is 79.9. The van der Waals surface area contributed by atoms with Gasteiger partial charge in [-0.2, -0.15) is 0 Å². The molecule has 1 N–H and O–H groups in total. The Hall–Kier alpha value is -2.41. The fourth-order valence-corrected chi connectivity index (χ4v) is 4.70. The van der Waals surface area contributed by atoms with Gasteiger partial charge in [-0.1, -0.05) is 30.3 Å². The van der Waals surface area contributed by atoms with E-state index in [1.807, 2.05) is 30.3 Å². The summed E-state index contributed by atoms with van der Waals surface area (Å²) in [6, 6.07) is 8.84. The van der Waals surface area contributed by atoms with Crippen molar-refractivity contribution in [2.75, 3.05) is 6.61 Å². The molecule has 4 rings (SSSR count). The van der Waals surface area contributed by atoms with Crippen molar-refractivity contribution in [1.82, 2.24) is 10.3 Å². The number of benzene rings is 1. The fourth-order valence-electron chi connectivity index (χ4n) is 3.93. The molecule has 29 heavy (non-hydrogen) atoms. The fraction of sp³-hybridized carbons (Fsp3) is 0.409. The molecule has 2 heterocycles. The number of carbonyl (C=O) groups excluding carboxylic acids is 2. The number of amides is 1. The molecule has 152 valence electrons. The van der Waals surface area contributed by atoms with Gasteiger partial charge < -0.3 is 14.8 Å². The van der Waals surface area contributed by atoms with Crippen molar-refractivity contribution in [3.8, 4) is 5.88 Å². The van der Waals surface area contributed by atoms with Crippen LogP contribution in [0.3, 0.4) is 0 Å². The minimum atomic E-state index is -0.740. The molecule has 1 amide bonds. The molecule has 1 aliphatic carbocycles. The summed E-state index contributed by atoms with van der Waals surface area (Å²) in [5.41, 5.74) is 3.90. The normalized spacial score (nSPS) is 18.2. The highest BCUT2D eigenvalue weighted by Gasteiger charge is 2.34. The molecule has 7 heteroatoms. The standard InChI is InChI=1S/C22H23BrN2O4/c1-13(26)24-17(12-14-6-3-2-4-7-14)22(27)29-18-10-9-15-19(23)16-8-5-11-28-21(16)25-20(15)18/h2-4,6-7,17-18H,5,8-12H2,1H3,(H,24,26)/t17-,18-/m0/s1. The van der Waals surface area contributed by atoms with Gasteiger partial charge in [0.2, 0.25) is 11.8 Å². The maximum absolute atomic E-state index is 12.9. The predicted molar refractivity (Wildman–Crippen MR) is 111 cm³/mol. The molecule has 2 aliphatic rings. The first kappa shape index (κ1) is 19.9. The summed E-state index contributed by atoms with van der Waals surface area (Å²) in [6.45, 7) is 2.05. The molecular weight excluding hydrogens is 436 g/mol. The van der Waals surface area contributed by atoms with Gasteiger partial charge in [0, 0.05) is 23.4 Å². The van der Waals surface area contributed by atoms with Crippen molar-refractivity contribution >= 4 is 27.8 Å². The number of fused-ring (bicyclic) bond motifs is 2. The van der Waals surface area contributed by atoms with E-state index < -0.39 is 18.1 Å². The van der Waals surface area contributed by atoms with Crippen LogP contribution in [0.15, 0.2) is 34.8 Å². The van der Waals surface area contributed by atoms with E-state index in [-0.39, 0.29) is 5.91 Å². The van der Waals surface area contributed by atoms with Crippen molar-refractivity contribution in [3.63, 3.8) is 0 Å². The summed E-state index contributed by atoms with van der Waals surface area (Å²) in [4.78, 5) is 29.2. The van der Waals surface area contributed by atoms with Crippen LogP contribution in [0.2, 0.25) is 0 Å². The van der Waals surface area contributed by atoms with Crippen LogP contribution in [-0.2, 0) is 33.6 Å². The number of hydrogen-bond donors (Lipinski definition) is 1. The molecule has 6 nitrogen and oxygen atoms in total. The van der Waals surface area contributed by atoms with Gasteiger partial charge in [-0.05, 0) is 52.7 Å². The summed E-state index contributed by atoms with van der Waals surface area (Å²) in [5, 5.41) is 2.72. The van der Waals surface area contributed by atoms with Crippen molar-refractivity contribution < 1.29 is 19.1 Å². The van der Waals surface area contributed by atoms with E-state index in [4.69, 9.17) is 9.47 Å². The van der Waals surface area contributed by atoms with E-state index in [1.54, 1.807) is 0 Å². The number of ether oxygens (including phenoxy) is 2. The van der Waals surface area contributed by atoms with E-state index in [1.165, 1.54) is 6.92 Å². The number of esters is 1. The first-order valence-electron chi connectivity index (χ1n) is 9.88. The van der Waals surface area contributed by atoms with Crippen LogP contribution in [0.1, 0.15) is 48.3 Å². The Morgan fingerprint density at radius 3 is 2.83 bits per heavy atom. The lowest BCUT2D eigenvalue weighted by Gasteiger charge is -2.22. The second-order valence-corrected chi connectivity index (χ2v) is 8.23. The lowest BCUT2D eigenvalue weighted by atomic mass is 10.1. The first-order valence-corrected chi connectivity index (χ1v) is 10.7. The monoisotopic (exact) mass is 458 g/mol. The van der Waals surface area contributed by atoms with Crippen LogP contribution < -0.4 is 10.1 Å².